The number of carbonyl (C=O) groups is 3. The SMILES string of the molecule is CCCOc1ccc(/C=C2\C(=O)N(c3ccc(C)cc3)C(=O)N(c3cccc4ccccc34)C2=O)cc1OCC. The first-order valence-corrected chi connectivity index (χ1v) is 13.3. The van der Waals surface area contributed by atoms with Crippen molar-refractivity contribution in [2.24, 2.45) is 0 Å². The summed E-state index contributed by atoms with van der Waals surface area (Å²) in [6.07, 6.45) is 2.34. The van der Waals surface area contributed by atoms with Gasteiger partial charge in [0.25, 0.3) is 11.8 Å². The summed E-state index contributed by atoms with van der Waals surface area (Å²) in [4.78, 5) is 43.8. The number of fused-ring (bicyclic) bond motifs is 1. The molecule has 1 aliphatic rings. The molecule has 0 atom stereocenters. The molecule has 0 aromatic heterocycles. The number of rotatable bonds is 8. The number of amides is 4. The Morgan fingerprint density at radius 1 is 0.750 bits per heavy atom. The molecule has 0 N–H and O–H groups in total. The minimum Gasteiger partial charge on any atom is -0.490 e. The fourth-order valence-electron chi connectivity index (χ4n) is 4.65. The van der Waals surface area contributed by atoms with Crippen molar-refractivity contribution in [3.05, 3.63) is 102 Å². The van der Waals surface area contributed by atoms with E-state index in [1.807, 2.05) is 63.2 Å². The molecule has 4 aromatic rings. The summed E-state index contributed by atoms with van der Waals surface area (Å²) in [5.74, 6) is -0.294. The van der Waals surface area contributed by atoms with Crippen LogP contribution in [0.4, 0.5) is 16.2 Å². The van der Waals surface area contributed by atoms with Crippen molar-refractivity contribution in [3.63, 3.8) is 0 Å². The third-order valence-corrected chi connectivity index (χ3v) is 6.59. The second-order valence-corrected chi connectivity index (χ2v) is 9.44. The van der Waals surface area contributed by atoms with Gasteiger partial charge in [0.1, 0.15) is 5.57 Å². The van der Waals surface area contributed by atoms with Gasteiger partial charge in [-0.05, 0) is 67.6 Å². The Kier molecular flexibility index (Phi) is 7.64. The number of anilines is 2. The van der Waals surface area contributed by atoms with Gasteiger partial charge in [0.05, 0.1) is 24.6 Å². The van der Waals surface area contributed by atoms with Gasteiger partial charge in [0.2, 0.25) is 0 Å². The van der Waals surface area contributed by atoms with Crippen LogP contribution >= 0.6 is 0 Å². The molecule has 4 amide bonds. The van der Waals surface area contributed by atoms with Crippen LogP contribution in [0, 0.1) is 6.92 Å². The van der Waals surface area contributed by atoms with Gasteiger partial charge in [-0.15, -0.1) is 0 Å². The van der Waals surface area contributed by atoms with Crippen LogP contribution in [-0.4, -0.2) is 31.1 Å². The molecular weight excluding hydrogens is 504 g/mol. The molecule has 0 spiro atoms. The van der Waals surface area contributed by atoms with E-state index in [4.69, 9.17) is 9.47 Å². The molecule has 40 heavy (non-hydrogen) atoms. The third-order valence-electron chi connectivity index (χ3n) is 6.59. The molecule has 1 saturated heterocycles. The lowest BCUT2D eigenvalue weighted by Crippen LogP contribution is -2.57. The topological polar surface area (TPSA) is 76.2 Å². The first-order valence-electron chi connectivity index (χ1n) is 13.3. The molecule has 0 bridgehead atoms. The highest BCUT2D eigenvalue weighted by Gasteiger charge is 2.44. The molecule has 0 saturated carbocycles. The maximum absolute atomic E-state index is 14.0. The molecule has 0 aliphatic carbocycles. The monoisotopic (exact) mass is 534 g/mol. The largest absolute Gasteiger partial charge is 0.490 e. The number of barbiturate groups is 1. The van der Waals surface area contributed by atoms with E-state index < -0.39 is 17.8 Å². The van der Waals surface area contributed by atoms with Gasteiger partial charge in [0.15, 0.2) is 11.5 Å². The average molecular weight is 535 g/mol. The number of nitrogens with zero attached hydrogens (tertiary/aromatic N) is 2. The van der Waals surface area contributed by atoms with Crippen LogP contribution in [0.5, 0.6) is 11.5 Å². The molecule has 7 heteroatoms. The second kappa shape index (κ2) is 11.5. The number of aryl methyl sites for hydroxylation is 1. The van der Waals surface area contributed by atoms with Crippen LogP contribution in [0.15, 0.2) is 90.5 Å². The van der Waals surface area contributed by atoms with Crippen LogP contribution in [0.2, 0.25) is 0 Å². The van der Waals surface area contributed by atoms with E-state index in [0.717, 1.165) is 32.6 Å². The molecule has 1 fully saturated rings. The summed E-state index contributed by atoms with van der Waals surface area (Å²) in [6.45, 7) is 6.76. The third kappa shape index (κ3) is 5.06. The first kappa shape index (κ1) is 26.7. The van der Waals surface area contributed by atoms with E-state index in [-0.39, 0.29) is 5.57 Å². The van der Waals surface area contributed by atoms with Crippen molar-refractivity contribution in [1.29, 1.82) is 0 Å². The van der Waals surface area contributed by atoms with Crippen molar-refractivity contribution in [1.82, 2.24) is 0 Å². The second-order valence-electron chi connectivity index (χ2n) is 9.44. The number of imide groups is 2. The molecule has 0 radical (unpaired) electrons. The molecular formula is C33H30N2O5. The molecule has 4 aromatic carbocycles. The van der Waals surface area contributed by atoms with Crippen LogP contribution in [-0.2, 0) is 9.59 Å². The van der Waals surface area contributed by atoms with Gasteiger partial charge in [-0.1, -0.05) is 67.1 Å². The maximum Gasteiger partial charge on any atom is 0.343 e. The predicted octanol–water partition coefficient (Wildman–Crippen LogP) is 6.92. The van der Waals surface area contributed by atoms with Crippen molar-refractivity contribution in [2.45, 2.75) is 27.2 Å². The van der Waals surface area contributed by atoms with Crippen molar-refractivity contribution in [3.8, 4) is 11.5 Å². The van der Waals surface area contributed by atoms with E-state index in [1.54, 1.807) is 42.5 Å². The number of benzene rings is 4. The minimum absolute atomic E-state index is 0.141. The minimum atomic E-state index is -0.731. The zero-order valence-corrected chi connectivity index (χ0v) is 22.7. The Morgan fingerprint density at radius 2 is 1.48 bits per heavy atom. The quantitative estimate of drug-likeness (QED) is 0.181. The fourth-order valence-corrected chi connectivity index (χ4v) is 4.65. The Hall–Kier alpha value is -4.91. The lowest BCUT2D eigenvalue weighted by molar-refractivity contribution is -0.121. The summed E-state index contributed by atoms with van der Waals surface area (Å²) >= 11 is 0. The summed E-state index contributed by atoms with van der Waals surface area (Å²) in [7, 11) is 0. The molecule has 7 nitrogen and oxygen atoms in total. The molecule has 202 valence electrons. The zero-order valence-electron chi connectivity index (χ0n) is 22.7. The van der Waals surface area contributed by atoms with Crippen LogP contribution < -0.4 is 19.3 Å². The summed E-state index contributed by atoms with van der Waals surface area (Å²) in [6, 6.07) is 24.5. The van der Waals surface area contributed by atoms with Crippen LogP contribution in [0.1, 0.15) is 31.4 Å². The maximum atomic E-state index is 14.0. The average Bonchev–Trinajstić information content (AvgIpc) is 2.96. The van der Waals surface area contributed by atoms with Crippen molar-refractivity contribution >= 4 is 46.1 Å². The van der Waals surface area contributed by atoms with Crippen LogP contribution in [0.25, 0.3) is 16.8 Å². The van der Waals surface area contributed by atoms with E-state index >= 15 is 0 Å². The van der Waals surface area contributed by atoms with E-state index in [1.165, 1.54) is 6.08 Å². The number of hydrogen-bond acceptors (Lipinski definition) is 5. The lowest BCUT2D eigenvalue weighted by Gasteiger charge is -2.34. The zero-order chi connectivity index (χ0) is 28.2. The van der Waals surface area contributed by atoms with Gasteiger partial charge in [-0.3, -0.25) is 9.59 Å². The highest BCUT2D eigenvalue weighted by atomic mass is 16.5. The number of ether oxygens (including phenoxy) is 2. The Morgan fingerprint density at radius 3 is 2.23 bits per heavy atom. The normalized spacial score (nSPS) is 14.8. The number of hydrogen-bond donors (Lipinski definition) is 0. The standard InChI is InChI=1S/C33H30N2O5/c1-4-19-40-29-18-15-23(21-30(29)39-5-2)20-27-31(36)34(25-16-13-22(3)14-17-25)33(38)35(32(27)37)28-12-8-10-24-9-6-7-11-26(24)28/h6-18,20-21H,4-5,19H2,1-3H3/b27-20+. The summed E-state index contributed by atoms with van der Waals surface area (Å²) < 4.78 is 11.6. The Bertz CT molecular complexity index is 1620. The van der Waals surface area contributed by atoms with Crippen molar-refractivity contribution < 1.29 is 23.9 Å². The molecule has 5 rings (SSSR count). The van der Waals surface area contributed by atoms with Gasteiger partial charge < -0.3 is 9.47 Å². The molecule has 1 aliphatic heterocycles. The van der Waals surface area contributed by atoms with Crippen LogP contribution in [0.3, 0.4) is 0 Å². The predicted molar refractivity (Wildman–Crippen MR) is 157 cm³/mol. The molecule has 0 unspecified atom stereocenters. The fraction of sp³-hybridized carbons (Fsp3) is 0.182. The van der Waals surface area contributed by atoms with E-state index in [0.29, 0.717) is 41.7 Å². The first-order chi connectivity index (χ1) is 19.4. The number of urea groups is 1. The summed E-state index contributed by atoms with van der Waals surface area (Å²) in [5, 5.41) is 1.59. The smallest absolute Gasteiger partial charge is 0.343 e. The van der Waals surface area contributed by atoms with E-state index in [2.05, 4.69) is 0 Å². The Labute approximate surface area is 233 Å². The van der Waals surface area contributed by atoms with E-state index in [9.17, 15) is 14.4 Å². The van der Waals surface area contributed by atoms with Crippen molar-refractivity contribution in [2.75, 3.05) is 23.0 Å². The highest BCUT2D eigenvalue weighted by molar-refractivity contribution is 6.46. The summed E-state index contributed by atoms with van der Waals surface area (Å²) in [5.41, 5.74) is 2.19. The Balaban J connectivity index is 1.66. The number of carbonyl (C=O) groups excluding carboxylic acids is 3. The highest BCUT2D eigenvalue weighted by Crippen LogP contribution is 2.35. The van der Waals surface area contributed by atoms with Gasteiger partial charge >= 0.3 is 6.03 Å². The lowest BCUT2D eigenvalue weighted by atomic mass is 10.0. The van der Waals surface area contributed by atoms with Gasteiger partial charge in [0, 0.05) is 5.39 Å². The van der Waals surface area contributed by atoms with Gasteiger partial charge in [-0.25, -0.2) is 14.6 Å². The van der Waals surface area contributed by atoms with Gasteiger partial charge in [-0.2, -0.15) is 0 Å². The molecule has 1 heterocycles.